The quantitative estimate of drug-likeness (QED) is 0.141. The van der Waals surface area contributed by atoms with Crippen molar-refractivity contribution in [1.29, 1.82) is 0 Å². The normalized spacial score (nSPS) is 12.1. The van der Waals surface area contributed by atoms with E-state index >= 15 is 0 Å². The zero-order chi connectivity index (χ0) is 33.7. The van der Waals surface area contributed by atoms with E-state index in [4.69, 9.17) is 23.7 Å². The van der Waals surface area contributed by atoms with E-state index in [-0.39, 0.29) is 30.1 Å². The number of nitrogens with zero attached hydrogens (tertiary/aromatic N) is 2. The van der Waals surface area contributed by atoms with Crippen LogP contribution < -0.4 is 4.74 Å². The summed E-state index contributed by atoms with van der Waals surface area (Å²) in [5.74, 6) is -0.848. The Hall–Kier alpha value is -5.06. The van der Waals surface area contributed by atoms with E-state index < -0.39 is 35.3 Å². The Morgan fingerprint density at radius 1 is 0.609 bits per heavy atom. The number of fused-ring (bicyclic) bond motifs is 6. The molecule has 0 fully saturated rings. The van der Waals surface area contributed by atoms with Crippen molar-refractivity contribution in [2.24, 2.45) is 0 Å². The lowest BCUT2D eigenvalue weighted by atomic mass is 10.0. The highest BCUT2D eigenvalue weighted by Gasteiger charge is 2.31. The third-order valence-electron chi connectivity index (χ3n) is 7.11. The van der Waals surface area contributed by atoms with Crippen LogP contribution in [0.25, 0.3) is 43.6 Å². The minimum Gasteiger partial charge on any atom is -0.492 e. The van der Waals surface area contributed by atoms with Gasteiger partial charge in [-0.3, -0.25) is 0 Å². The highest BCUT2D eigenvalue weighted by Crippen LogP contribution is 2.45. The molecule has 0 N–H and O–H groups in total. The topological polar surface area (TPSA) is 124 Å². The molecule has 0 aliphatic carbocycles. The number of hydrogen-bond acceptors (Lipinski definition) is 9. The molecule has 0 bridgehead atoms. The number of methoxy groups -OCH3 is 1. The molecule has 5 rings (SSSR count). The van der Waals surface area contributed by atoms with Crippen molar-refractivity contribution in [3.8, 4) is 5.75 Å². The number of hydrogen-bond donors (Lipinski definition) is 0. The van der Waals surface area contributed by atoms with Gasteiger partial charge in [0, 0.05) is 21.5 Å². The zero-order valence-corrected chi connectivity index (χ0v) is 27.5. The lowest BCUT2D eigenvalue weighted by Crippen LogP contribution is -2.27. The van der Waals surface area contributed by atoms with Crippen LogP contribution in [0.2, 0.25) is 0 Å². The van der Waals surface area contributed by atoms with Gasteiger partial charge in [0.25, 0.3) is 0 Å². The van der Waals surface area contributed by atoms with Crippen molar-refractivity contribution in [3.05, 3.63) is 53.6 Å². The maximum Gasteiger partial charge on any atom is 0.419 e. The SMILES string of the molecule is CCOC(=O)c1ccc2c(c1)c1cc3c4cc(C(=O)OCC)ccc4n(C(=O)OC(C)(C)C)c3c(OC)c1n2C(=O)OC(C)(C)C. The second-order valence-electron chi connectivity index (χ2n) is 12.7. The summed E-state index contributed by atoms with van der Waals surface area (Å²) < 4.78 is 30.9. The summed E-state index contributed by atoms with van der Waals surface area (Å²) in [6.07, 6.45) is -1.36. The van der Waals surface area contributed by atoms with Gasteiger partial charge in [-0.05, 0) is 97.9 Å². The minimum absolute atomic E-state index is 0.187. The van der Waals surface area contributed by atoms with Gasteiger partial charge in [-0.15, -0.1) is 0 Å². The molecular formula is C35H38N2O9. The fourth-order valence-corrected chi connectivity index (χ4v) is 5.50. The predicted molar refractivity (Wildman–Crippen MR) is 174 cm³/mol. The van der Waals surface area contributed by atoms with Gasteiger partial charge in [0.2, 0.25) is 0 Å². The highest BCUT2D eigenvalue weighted by atomic mass is 16.6. The second kappa shape index (κ2) is 11.7. The average Bonchev–Trinajstić information content (AvgIpc) is 3.46. The largest absolute Gasteiger partial charge is 0.492 e. The molecule has 11 nitrogen and oxygen atoms in total. The van der Waals surface area contributed by atoms with E-state index in [1.54, 1.807) is 91.8 Å². The van der Waals surface area contributed by atoms with Gasteiger partial charge >= 0.3 is 24.1 Å². The molecule has 0 amide bonds. The van der Waals surface area contributed by atoms with Gasteiger partial charge in [-0.25, -0.2) is 28.3 Å². The third kappa shape index (κ3) is 5.73. The predicted octanol–water partition coefficient (Wildman–Crippen LogP) is 7.83. The molecule has 0 radical (unpaired) electrons. The maximum atomic E-state index is 13.9. The van der Waals surface area contributed by atoms with E-state index in [1.807, 2.05) is 6.07 Å². The minimum atomic E-state index is -0.836. The zero-order valence-electron chi connectivity index (χ0n) is 27.5. The smallest absolute Gasteiger partial charge is 0.419 e. The molecule has 0 aliphatic rings. The summed E-state index contributed by atoms with van der Waals surface area (Å²) in [6, 6.07) is 11.6. The number of aromatic nitrogens is 2. The first-order chi connectivity index (χ1) is 21.6. The molecule has 46 heavy (non-hydrogen) atoms. The Morgan fingerprint density at radius 3 is 1.33 bits per heavy atom. The number of carbonyl (C=O) groups excluding carboxylic acids is 4. The highest BCUT2D eigenvalue weighted by molar-refractivity contribution is 6.25. The first-order valence-corrected chi connectivity index (χ1v) is 15.0. The van der Waals surface area contributed by atoms with Crippen LogP contribution in [-0.2, 0) is 18.9 Å². The van der Waals surface area contributed by atoms with E-state index in [0.717, 1.165) is 0 Å². The van der Waals surface area contributed by atoms with Crippen LogP contribution in [0, 0.1) is 0 Å². The molecule has 0 saturated heterocycles. The lowest BCUT2D eigenvalue weighted by molar-refractivity contribution is 0.0517. The van der Waals surface area contributed by atoms with Crippen molar-refractivity contribution < 1.29 is 42.9 Å². The van der Waals surface area contributed by atoms with E-state index in [0.29, 0.717) is 43.6 Å². The van der Waals surface area contributed by atoms with Gasteiger partial charge in [-0.2, -0.15) is 0 Å². The molecule has 0 saturated carbocycles. The van der Waals surface area contributed by atoms with Crippen LogP contribution in [0.1, 0.15) is 76.1 Å². The van der Waals surface area contributed by atoms with Crippen LogP contribution in [0.3, 0.4) is 0 Å². The number of ether oxygens (including phenoxy) is 5. The van der Waals surface area contributed by atoms with Gasteiger partial charge in [0.1, 0.15) is 22.2 Å². The van der Waals surface area contributed by atoms with Crippen LogP contribution in [0.4, 0.5) is 9.59 Å². The number of esters is 2. The van der Waals surface area contributed by atoms with Crippen LogP contribution in [0.5, 0.6) is 5.75 Å². The van der Waals surface area contributed by atoms with Crippen molar-refractivity contribution in [2.75, 3.05) is 20.3 Å². The van der Waals surface area contributed by atoms with E-state index in [9.17, 15) is 19.2 Å². The molecule has 11 heteroatoms. The number of carbonyl (C=O) groups is 4. The standard InChI is InChI=1S/C35H38N2O9/c1-10-43-30(38)19-12-14-25-21(16-19)23-18-24-22-17-20(31(39)44-11-2)13-15-26(22)37(33(41)46-35(6,7)8)28(24)29(42-9)27(23)36(25)32(40)45-34(3,4)5/h12-18H,10-11H2,1-9H3. The van der Waals surface area contributed by atoms with Crippen molar-refractivity contribution >= 4 is 67.7 Å². The molecule has 0 unspecified atom stereocenters. The molecular weight excluding hydrogens is 592 g/mol. The Kier molecular flexibility index (Phi) is 8.23. The van der Waals surface area contributed by atoms with Gasteiger partial charge in [-0.1, -0.05) is 0 Å². The second-order valence-corrected chi connectivity index (χ2v) is 12.7. The van der Waals surface area contributed by atoms with E-state index in [2.05, 4.69) is 0 Å². The molecule has 2 heterocycles. The van der Waals surface area contributed by atoms with Crippen LogP contribution in [-0.4, -0.2) is 64.8 Å². The average molecular weight is 631 g/mol. The van der Waals surface area contributed by atoms with Gasteiger partial charge in [0.15, 0.2) is 5.75 Å². The van der Waals surface area contributed by atoms with Crippen LogP contribution in [0.15, 0.2) is 42.5 Å². The van der Waals surface area contributed by atoms with Crippen molar-refractivity contribution in [3.63, 3.8) is 0 Å². The molecule has 3 aromatic carbocycles. The monoisotopic (exact) mass is 630 g/mol. The maximum absolute atomic E-state index is 13.9. The summed E-state index contributed by atoms with van der Waals surface area (Å²) in [7, 11) is 1.44. The summed E-state index contributed by atoms with van der Waals surface area (Å²) >= 11 is 0. The molecule has 0 spiro atoms. The van der Waals surface area contributed by atoms with Crippen molar-refractivity contribution in [1.82, 2.24) is 9.13 Å². The van der Waals surface area contributed by atoms with Crippen molar-refractivity contribution in [2.45, 2.75) is 66.6 Å². The molecule has 0 atom stereocenters. The molecule has 0 aliphatic heterocycles. The summed E-state index contributed by atoms with van der Waals surface area (Å²) in [6.45, 7) is 14.4. The lowest BCUT2D eigenvalue weighted by Gasteiger charge is -2.21. The fourth-order valence-electron chi connectivity index (χ4n) is 5.50. The first-order valence-electron chi connectivity index (χ1n) is 15.0. The van der Waals surface area contributed by atoms with E-state index in [1.165, 1.54) is 16.2 Å². The molecule has 2 aromatic heterocycles. The summed E-state index contributed by atoms with van der Waals surface area (Å²) in [4.78, 5) is 53.3. The van der Waals surface area contributed by atoms with Gasteiger partial charge in [0.05, 0.1) is 42.5 Å². The van der Waals surface area contributed by atoms with Crippen LogP contribution >= 0.6 is 0 Å². The Labute approximate surface area is 265 Å². The summed E-state index contributed by atoms with van der Waals surface area (Å²) in [5.41, 5.74) is 0.438. The Morgan fingerprint density at radius 2 is 1.00 bits per heavy atom. The number of benzene rings is 3. The number of rotatable bonds is 5. The Bertz CT molecular complexity index is 1910. The third-order valence-corrected chi connectivity index (χ3v) is 7.11. The van der Waals surface area contributed by atoms with Gasteiger partial charge < -0.3 is 23.7 Å². The first kappa shape index (κ1) is 32.3. The molecule has 242 valence electrons. The summed E-state index contributed by atoms with van der Waals surface area (Å²) in [5, 5.41) is 2.18. The fraction of sp³-hybridized carbons (Fsp3) is 0.371. The molecule has 5 aromatic rings. The Balaban J connectivity index is 1.99.